The summed E-state index contributed by atoms with van der Waals surface area (Å²) in [6, 6.07) is 0. The first kappa shape index (κ1) is 50.6. The lowest BCUT2D eigenvalue weighted by Gasteiger charge is -2.20. The monoisotopic (exact) mass is 748 g/mol. The molecule has 2 unspecified atom stereocenters. The van der Waals surface area contributed by atoms with Crippen LogP contribution in [0.5, 0.6) is 0 Å². The van der Waals surface area contributed by atoms with Gasteiger partial charge in [-0.2, -0.15) is 0 Å². The standard InChI is InChI=1S/C45H81NO7/c1-5-7-9-11-13-15-17-19-21-23-25-27-29-31-33-35-43(47)51-39-42(41-53-45(49)50-38-37-46(3)4)40-52-44(48)36-34-32-30-28-26-24-22-20-18-16-14-12-10-8-6-2/h13-16,19-22,42-43,47H,5-12,17-18,23-41H2,1-4H3/b15-13-,16-14-,21-19-,22-20-. The Hall–Kier alpha value is -2.42. The predicted octanol–water partition coefficient (Wildman–Crippen LogP) is 11.8. The van der Waals surface area contributed by atoms with E-state index in [0.717, 1.165) is 70.6 Å². The molecule has 0 spiro atoms. The van der Waals surface area contributed by atoms with Crippen molar-refractivity contribution in [1.29, 1.82) is 0 Å². The molecule has 8 nitrogen and oxygen atoms in total. The SMILES string of the molecule is CCCCC/C=C\C/C=C\CCCCCCCC(=O)OCC(COC(=O)OCCN(C)C)COC(O)CCCCCCC/C=C\C/C=C\CCCCC. The zero-order chi connectivity index (χ0) is 38.9. The van der Waals surface area contributed by atoms with Gasteiger partial charge >= 0.3 is 12.1 Å². The van der Waals surface area contributed by atoms with Crippen LogP contribution in [0.2, 0.25) is 0 Å². The maximum atomic E-state index is 12.5. The first-order chi connectivity index (χ1) is 25.9. The molecular formula is C45H81NO7. The molecule has 0 rings (SSSR count). The van der Waals surface area contributed by atoms with Crippen LogP contribution >= 0.6 is 0 Å². The Bertz CT molecular complexity index is 930. The van der Waals surface area contributed by atoms with Crippen LogP contribution in [-0.4, -0.2) is 75.5 Å². The summed E-state index contributed by atoms with van der Waals surface area (Å²) in [6.07, 6.45) is 42.4. The van der Waals surface area contributed by atoms with E-state index < -0.39 is 18.4 Å². The fraction of sp³-hybridized carbons (Fsp3) is 0.778. The zero-order valence-electron chi connectivity index (χ0n) is 34.6. The van der Waals surface area contributed by atoms with Crippen LogP contribution in [0.25, 0.3) is 0 Å². The Morgan fingerprint density at radius 3 is 1.57 bits per heavy atom. The number of hydrogen-bond donors (Lipinski definition) is 1. The van der Waals surface area contributed by atoms with Gasteiger partial charge in [-0.05, 0) is 97.6 Å². The van der Waals surface area contributed by atoms with Gasteiger partial charge in [0.15, 0.2) is 6.29 Å². The number of carbonyl (C=O) groups excluding carboxylic acids is 2. The van der Waals surface area contributed by atoms with E-state index in [1.807, 2.05) is 19.0 Å². The zero-order valence-corrected chi connectivity index (χ0v) is 34.6. The van der Waals surface area contributed by atoms with Crippen LogP contribution < -0.4 is 0 Å². The number of carbonyl (C=O) groups is 2. The van der Waals surface area contributed by atoms with Gasteiger partial charge < -0.3 is 29.0 Å². The van der Waals surface area contributed by atoms with Crippen molar-refractivity contribution in [3.63, 3.8) is 0 Å². The number of rotatable bonds is 38. The molecule has 53 heavy (non-hydrogen) atoms. The second kappa shape index (κ2) is 40.8. The number of ether oxygens (including phenoxy) is 4. The van der Waals surface area contributed by atoms with E-state index in [4.69, 9.17) is 18.9 Å². The van der Waals surface area contributed by atoms with Crippen molar-refractivity contribution in [2.75, 3.05) is 47.1 Å². The Balaban J connectivity index is 4.23. The number of nitrogens with zero attached hydrogens (tertiary/aromatic N) is 1. The van der Waals surface area contributed by atoms with Gasteiger partial charge in [0.05, 0.1) is 19.1 Å². The first-order valence-electron chi connectivity index (χ1n) is 21.4. The average Bonchev–Trinajstić information content (AvgIpc) is 3.14. The number of allylic oxidation sites excluding steroid dienone is 8. The lowest BCUT2D eigenvalue weighted by molar-refractivity contribution is -0.150. The van der Waals surface area contributed by atoms with Crippen LogP contribution in [-0.2, 0) is 23.7 Å². The number of aliphatic hydroxyl groups excluding tert-OH is 1. The summed E-state index contributed by atoms with van der Waals surface area (Å²) < 4.78 is 21.6. The number of hydrogen-bond acceptors (Lipinski definition) is 8. The fourth-order valence-electron chi connectivity index (χ4n) is 5.51. The molecule has 0 bridgehead atoms. The molecule has 0 aromatic heterocycles. The summed E-state index contributed by atoms with van der Waals surface area (Å²) in [6.45, 7) is 5.43. The second-order valence-corrected chi connectivity index (χ2v) is 14.5. The van der Waals surface area contributed by atoms with Crippen molar-refractivity contribution in [1.82, 2.24) is 4.90 Å². The van der Waals surface area contributed by atoms with Gasteiger partial charge in [0, 0.05) is 13.0 Å². The van der Waals surface area contributed by atoms with E-state index in [2.05, 4.69) is 62.5 Å². The molecule has 0 aromatic carbocycles. The lowest BCUT2D eigenvalue weighted by atomic mass is 10.1. The van der Waals surface area contributed by atoms with Crippen LogP contribution in [0.1, 0.15) is 168 Å². The summed E-state index contributed by atoms with van der Waals surface area (Å²) in [5.41, 5.74) is 0. The maximum absolute atomic E-state index is 12.5. The van der Waals surface area contributed by atoms with E-state index in [1.165, 1.54) is 70.6 Å². The van der Waals surface area contributed by atoms with E-state index in [1.54, 1.807) is 0 Å². The molecule has 8 heteroatoms. The van der Waals surface area contributed by atoms with E-state index in [9.17, 15) is 14.7 Å². The highest BCUT2D eigenvalue weighted by molar-refractivity contribution is 5.69. The van der Waals surface area contributed by atoms with E-state index in [0.29, 0.717) is 19.4 Å². The summed E-state index contributed by atoms with van der Waals surface area (Å²) in [5.74, 6) is -0.663. The predicted molar refractivity (Wildman–Crippen MR) is 221 cm³/mol. The van der Waals surface area contributed by atoms with Crippen molar-refractivity contribution in [2.24, 2.45) is 5.92 Å². The molecule has 0 saturated carbocycles. The Kier molecular flexibility index (Phi) is 38.9. The third kappa shape index (κ3) is 40.6. The summed E-state index contributed by atoms with van der Waals surface area (Å²) in [5, 5.41) is 10.4. The van der Waals surface area contributed by atoms with E-state index >= 15 is 0 Å². The molecule has 0 aliphatic rings. The number of likely N-dealkylation sites (N-methyl/N-ethyl adjacent to an activating group) is 1. The van der Waals surface area contributed by atoms with Gasteiger partial charge in [0.1, 0.15) is 13.2 Å². The molecule has 0 aliphatic heterocycles. The topological polar surface area (TPSA) is 94.5 Å². The highest BCUT2D eigenvalue weighted by Gasteiger charge is 2.18. The Labute approximate surface area is 325 Å². The average molecular weight is 748 g/mol. The lowest BCUT2D eigenvalue weighted by Crippen LogP contribution is -2.28. The van der Waals surface area contributed by atoms with Gasteiger partial charge in [-0.1, -0.05) is 127 Å². The molecule has 0 aromatic rings. The van der Waals surface area contributed by atoms with Crippen LogP contribution in [0.15, 0.2) is 48.6 Å². The van der Waals surface area contributed by atoms with Gasteiger partial charge in [-0.25, -0.2) is 4.79 Å². The minimum absolute atomic E-state index is 0.0197. The van der Waals surface area contributed by atoms with Crippen LogP contribution in [0.4, 0.5) is 4.79 Å². The van der Waals surface area contributed by atoms with Crippen molar-refractivity contribution < 1.29 is 33.6 Å². The fourth-order valence-corrected chi connectivity index (χ4v) is 5.51. The van der Waals surface area contributed by atoms with Gasteiger partial charge in [-0.15, -0.1) is 0 Å². The Morgan fingerprint density at radius 2 is 1.04 bits per heavy atom. The molecule has 0 heterocycles. The smallest absolute Gasteiger partial charge is 0.465 e. The molecule has 0 saturated heterocycles. The van der Waals surface area contributed by atoms with Crippen molar-refractivity contribution >= 4 is 12.1 Å². The molecule has 0 aliphatic carbocycles. The molecule has 0 radical (unpaired) electrons. The highest BCUT2D eigenvalue weighted by Crippen LogP contribution is 2.13. The number of aliphatic hydroxyl groups is 1. The Morgan fingerprint density at radius 1 is 0.566 bits per heavy atom. The first-order valence-corrected chi connectivity index (χ1v) is 21.4. The van der Waals surface area contributed by atoms with E-state index in [-0.39, 0.29) is 32.4 Å². The third-order valence-electron chi connectivity index (χ3n) is 8.93. The minimum Gasteiger partial charge on any atom is -0.465 e. The van der Waals surface area contributed by atoms with Crippen LogP contribution in [0, 0.1) is 5.92 Å². The number of unbranched alkanes of at least 4 members (excludes halogenated alkanes) is 16. The van der Waals surface area contributed by atoms with Gasteiger partial charge in [-0.3, -0.25) is 4.79 Å². The molecule has 308 valence electrons. The van der Waals surface area contributed by atoms with Gasteiger partial charge in [0.25, 0.3) is 0 Å². The summed E-state index contributed by atoms with van der Waals surface area (Å²) in [4.78, 5) is 26.4. The molecule has 1 N–H and O–H groups in total. The quantitative estimate of drug-likeness (QED) is 0.0289. The molecule has 2 atom stereocenters. The third-order valence-corrected chi connectivity index (χ3v) is 8.93. The highest BCUT2D eigenvalue weighted by atomic mass is 16.7. The number of esters is 1. The molecular weight excluding hydrogens is 666 g/mol. The second-order valence-electron chi connectivity index (χ2n) is 14.5. The molecule has 0 amide bonds. The van der Waals surface area contributed by atoms with Gasteiger partial charge in [0.2, 0.25) is 0 Å². The van der Waals surface area contributed by atoms with Crippen molar-refractivity contribution in [3.05, 3.63) is 48.6 Å². The normalized spacial score (nSPS) is 13.2. The van der Waals surface area contributed by atoms with Crippen LogP contribution in [0.3, 0.4) is 0 Å². The largest absolute Gasteiger partial charge is 0.508 e. The summed E-state index contributed by atoms with van der Waals surface area (Å²) >= 11 is 0. The minimum atomic E-state index is -0.911. The maximum Gasteiger partial charge on any atom is 0.508 e. The van der Waals surface area contributed by atoms with Crippen molar-refractivity contribution in [3.8, 4) is 0 Å². The van der Waals surface area contributed by atoms with Crippen molar-refractivity contribution in [2.45, 2.75) is 174 Å². The molecule has 0 fully saturated rings. The summed E-state index contributed by atoms with van der Waals surface area (Å²) in [7, 11) is 3.79.